The Morgan fingerprint density at radius 3 is 2.50 bits per heavy atom. The zero-order valence-corrected chi connectivity index (χ0v) is 7.78. The van der Waals surface area contributed by atoms with Crippen molar-refractivity contribution < 1.29 is 0 Å². The van der Waals surface area contributed by atoms with E-state index in [4.69, 9.17) is 5.73 Å². The molecule has 1 aromatic rings. The molecule has 0 spiro atoms. The minimum absolute atomic E-state index is 0.244. The normalized spacial score (nSPS) is 32.0. The van der Waals surface area contributed by atoms with Crippen molar-refractivity contribution in [2.24, 2.45) is 18.2 Å². The Labute approximate surface area is 72.6 Å². The molecule has 1 heterocycles. The van der Waals surface area contributed by atoms with E-state index in [2.05, 4.69) is 25.0 Å². The molecule has 12 heavy (non-hydrogen) atoms. The Morgan fingerprint density at radius 2 is 2.17 bits per heavy atom. The standard InChI is InChI=1S/C9H15N3/c1-9(2)7(8(9)10)6-4-12(3)5-11-6/h4-5,7-8H,10H2,1-3H3/t7-,8-/m0/s1. The highest BCUT2D eigenvalue weighted by atomic mass is 15.0. The Hall–Kier alpha value is -0.830. The first-order valence-corrected chi connectivity index (χ1v) is 4.27. The lowest BCUT2D eigenvalue weighted by Gasteiger charge is -1.97. The van der Waals surface area contributed by atoms with Gasteiger partial charge >= 0.3 is 0 Å². The van der Waals surface area contributed by atoms with Crippen LogP contribution in [0.4, 0.5) is 0 Å². The minimum Gasteiger partial charge on any atom is -0.340 e. The summed E-state index contributed by atoms with van der Waals surface area (Å²) < 4.78 is 1.97. The average molecular weight is 165 g/mol. The molecule has 0 radical (unpaired) electrons. The Balaban J connectivity index is 2.24. The largest absolute Gasteiger partial charge is 0.340 e. The van der Waals surface area contributed by atoms with Crippen LogP contribution in [-0.4, -0.2) is 15.6 Å². The van der Waals surface area contributed by atoms with E-state index < -0.39 is 0 Å². The molecule has 2 atom stereocenters. The molecule has 0 amide bonds. The summed E-state index contributed by atoms with van der Waals surface area (Å²) in [6, 6.07) is 0.285. The first-order chi connectivity index (χ1) is 5.53. The summed E-state index contributed by atoms with van der Waals surface area (Å²) in [5.74, 6) is 0.457. The maximum Gasteiger partial charge on any atom is 0.0946 e. The molecule has 66 valence electrons. The molecule has 0 saturated heterocycles. The van der Waals surface area contributed by atoms with Crippen LogP contribution in [0.2, 0.25) is 0 Å². The van der Waals surface area contributed by atoms with Crippen LogP contribution >= 0.6 is 0 Å². The SMILES string of the molecule is Cn1cnc([C@H]2[C@H](N)C2(C)C)c1. The Morgan fingerprint density at radius 1 is 1.58 bits per heavy atom. The van der Waals surface area contributed by atoms with Gasteiger partial charge in [-0.05, 0) is 5.41 Å². The van der Waals surface area contributed by atoms with E-state index in [1.54, 1.807) is 0 Å². The maximum atomic E-state index is 5.94. The van der Waals surface area contributed by atoms with Crippen molar-refractivity contribution in [3.05, 3.63) is 18.2 Å². The number of imidazole rings is 1. The summed E-state index contributed by atoms with van der Waals surface area (Å²) in [5, 5.41) is 0. The lowest BCUT2D eigenvalue weighted by Crippen LogP contribution is -2.06. The van der Waals surface area contributed by atoms with Crippen LogP contribution in [0.3, 0.4) is 0 Å². The van der Waals surface area contributed by atoms with Gasteiger partial charge in [0.15, 0.2) is 0 Å². The van der Waals surface area contributed by atoms with Gasteiger partial charge in [-0.15, -0.1) is 0 Å². The molecule has 3 nitrogen and oxygen atoms in total. The lowest BCUT2D eigenvalue weighted by atomic mass is 10.1. The van der Waals surface area contributed by atoms with Crippen molar-refractivity contribution in [3.63, 3.8) is 0 Å². The summed E-state index contributed by atoms with van der Waals surface area (Å²) in [7, 11) is 1.98. The molecule has 0 aromatic carbocycles. The van der Waals surface area contributed by atoms with Crippen molar-refractivity contribution in [2.45, 2.75) is 25.8 Å². The molecule has 1 fully saturated rings. The van der Waals surface area contributed by atoms with Gasteiger partial charge in [-0.2, -0.15) is 0 Å². The van der Waals surface area contributed by atoms with E-state index in [1.807, 2.05) is 17.9 Å². The molecule has 1 aromatic heterocycles. The number of aryl methyl sites for hydroxylation is 1. The van der Waals surface area contributed by atoms with Crippen LogP contribution < -0.4 is 5.73 Å². The summed E-state index contributed by atoms with van der Waals surface area (Å²) in [6.07, 6.45) is 3.88. The summed E-state index contributed by atoms with van der Waals surface area (Å²) in [4.78, 5) is 4.31. The number of hydrogen-bond donors (Lipinski definition) is 1. The van der Waals surface area contributed by atoms with Gasteiger partial charge in [0.1, 0.15) is 0 Å². The van der Waals surface area contributed by atoms with Crippen molar-refractivity contribution in [3.8, 4) is 0 Å². The fourth-order valence-corrected chi connectivity index (χ4v) is 1.84. The summed E-state index contributed by atoms with van der Waals surface area (Å²) >= 11 is 0. The van der Waals surface area contributed by atoms with Crippen LogP contribution in [0.1, 0.15) is 25.5 Å². The van der Waals surface area contributed by atoms with Gasteiger partial charge in [0, 0.05) is 25.2 Å². The third kappa shape index (κ3) is 0.894. The van der Waals surface area contributed by atoms with Crippen LogP contribution in [0, 0.1) is 5.41 Å². The number of hydrogen-bond acceptors (Lipinski definition) is 2. The Bertz CT molecular complexity index is 300. The van der Waals surface area contributed by atoms with E-state index in [1.165, 1.54) is 0 Å². The lowest BCUT2D eigenvalue weighted by molar-refractivity contribution is 0.596. The number of nitrogens with zero attached hydrogens (tertiary/aromatic N) is 2. The van der Waals surface area contributed by atoms with Crippen LogP contribution in [-0.2, 0) is 7.05 Å². The second-order valence-electron chi connectivity index (χ2n) is 4.29. The molecular weight excluding hydrogens is 150 g/mol. The Kier molecular flexibility index (Phi) is 1.37. The molecule has 0 aliphatic heterocycles. The molecule has 3 heteroatoms. The fourth-order valence-electron chi connectivity index (χ4n) is 1.84. The first kappa shape index (κ1) is 7.80. The maximum absolute atomic E-state index is 5.94. The van der Waals surface area contributed by atoms with Gasteiger partial charge in [-0.25, -0.2) is 4.98 Å². The smallest absolute Gasteiger partial charge is 0.0946 e. The molecule has 1 saturated carbocycles. The van der Waals surface area contributed by atoms with E-state index in [0.717, 1.165) is 5.69 Å². The predicted octanol–water partition coefficient (Wildman–Crippen LogP) is 0.871. The molecule has 0 unspecified atom stereocenters. The molecular formula is C9H15N3. The van der Waals surface area contributed by atoms with Gasteiger partial charge in [-0.1, -0.05) is 13.8 Å². The van der Waals surface area contributed by atoms with Crippen molar-refractivity contribution >= 4 is 0 Å². The van der Waals surface area contributed by atoms with Crippen LogP contribution in [0.15, 0.2) is 12.5 Å². The molecule has 2 N–H and O–H groups in total. The molecule has 0 bridgehead atoms. The summed E-state index contributed by atoms with van der Waals surface area (Å²) in [6.45, 7) is 4.38. The van der Waals surface area contributed by atoms with Crippen molar-refractivity contribution in [1.29, 1.82) is 0 Å². The highest BCUT2D eigenvalue weighted by molar-refractivity contribution is 5.27. The second kappa shape index (κ2) is 2.10. The molecule has 1 aliphatic carbocycles. The first-order valence-electron chi connectivity index (χ1n) is 4.27. The van der Waals surface area contributed by atoms with Crippen molar-refractivity contribution in [1.82, 2.24) is 9.55 Å². The van der Waals surface area contributed by atoms with Gasteiger partial charge in [0.2, 0.25) is 0 Å². The number of rotatable bonds is 1. The van der Waals surface area contributed by atoms with Gasteiger partial charge < -0.3 is 10.3 Å². The quantitative estimate of drug-likeness (QED) is 0.671. The van der Waals surface area contributed by atoms with Crippen molar-refractivity contribution in [2.75, 3.05) is 0 Å². The average Bonchev–Trinajstić information content (AvgIpc) is 2.38. The zero-order valence-electron chi connectivity index (χ0n) is 7.78. The topological polar surface area (TPSA) is 43.8 Å². The van der Waals surface area contributed by atoms with E-state index >= 15 is 0 Å². The van der Waals surface area contributed by atoms with Crippen LogP contribution in [0.5, 0.6) is 0 Å². The van der Waals surface area contributed by atoms with Gasteiger partial charge in [-0.3, -0.25) is 0 Å². The predicted molar refractivity (Wildman–Crippen MR) is 47.7 cm³/mol. The van der Waals surface area contributed by atoms with Crippen LogP contribution in [0.25, 0.3) is 0 Å². The monoisotopic (exact) mass is 165 g/mol. The summed E-state index contributed by atoms with van der Waals surface area (Å²) in [5.41, 5.74) is 7.31. The number of nitrogens with two attached hydrogens (primary N) is 1. The van der Waals surface area contributed by atoms with Gasteiger partial charge in [0.05, 0.1) is 12.0 Å². The zero-order chi connectivity index (χ0) is 8.93. The van der Waals surface area contributed by atoms with E-state index in [9.17, 15) is 0 Å². The fraction of sp³-hybridized carbons (Fsp3) is 0.667. The number of aromatic nitrogens is 2. The highest BCUT2D eigenvalue weighted by Crippen LogP contribution is 2.56. The molecule has 2 rings (SSSR count). The van der Waals surface area contributed by atoms with E-state index in [0.29, 0.717) is 5.92 Å². The molecule has 1 aliphatic rings. The van der Waals surface area contributed by atoms with Gasteiger partial charge in [0.25, 0.3) is 0 Å². The highest BCUT2D eigenvalue weighted by Gasteiger charge is 2.57. The minimum atomic E-state index is 0.244. The van der Waals surface area contributed by atoms with E-state index in [-0.39, 0.29) is 11.5 Å². The second-order valence-corrected chi connectivity index (χ2v) is 4.29. The third-order valence-electron chi connectivity index (χ3n) is 2.95. The third-order valence-corrected chi connectivity index (χ3v) is 2.95.